The van der Waals surface area contributed by atoms with Crippen molar-refractivity contribution in [2.45, 2.75) is 57.5 Å². The van der Waals surface area contributed by atoms with Gasteiger partial charge in [0.1, 0.15) is 0 Å². The number of aliphatic hydroxyl groups is 1. The second kappa shape index (κ2) is 6.99. The fraction of sp³-hybridized carbons (Fsp3) is 0.625. The molecule has 0 saturated heterocycles. The van der Waals surface area contributed by atoms with Crippen molar-refractivity contribution in [1.29, 1.82) is 0 Å². The Balaban J connectivity index is 1.94. The summed E-state index contributed by atoms with van der Waals surface area (Å²) in [6.07, 6.45) is 8.19. The van der Waals surface area contributed by atoms with Crippen LogP contribution in [0, 0.1) is 17.6 Å². The second-order valence-electron chi connectivity index (χ2n) is 5.63. The Bertz CT molecular complexity index is 398. The molecule has 0 spiro atoms. The molecule has 0 bridgehead atoms. The average molecular weight is 268 g/mol. The molecule has 0 aliphatic heterocycles. The monoisotopic (exact) mass is 268 g/mol. The molecule has 2 rings (SSSR count). The molecule has 19 heavy (non-hydrogen) atoms. The highest BCUT2D eigenvalue weighted by atomic mass is 19.2. The molecular formula is C16H22F2O. The van der Waals surface area contributed by atoms with Crippen LogP contribution in [0.4, 0.5) is 8.78 Å². The summed E-state index contributed by atoms with van der Waals surface area (Å²) in [6.45, 7) is 0. The fourth-order valence-electron chi connectivity index (χ4n) is 2.95. The molecule has 1 aromatic carbocycles. The summed E-state index contributed by atoms with van der Waals surface area (Å²) < 4.78 is 26.0. The van der Waals surface area contributed by atoms with Crippen molar-refractivity contribution in [2.24, 2.45) is 5.92 Å². The molecule has 1 aliphatic rings. The third-order valence-electron chi connectivity index (χ3n) is 4.12. The molecule has 1 saturated carbocycles. The quantitative estimate of drug-likeness (QED) is 0.869. The van der Waals surface area contributed by atoms with E-state index in [4.69, 9.17) is 0 Å². The molecule has 1 nitrogen and oxygen atoms in total. The summed E-state index contributed by atoms with van der Waals surface area (Å²) in [6, 6.07) is 3.89. The maximum Gasteiger partial charge on any atom is 0.159 e. The topological polar surface area (TPSA) is 20.2 Å². The molecule has 0 radical (unpaired) electrons. The first kappa shape index (κ1) is 14.4. The van der Waals surface area contributed by atoms with Gasteiger partial charge in [0, 0.05) is 0 Å². The van der Waals surface area contributed by atoms with E-state index in [-0.39, 0.29) is 0 Å². The van der Waals surface area contributed by atoms with Gasteiger partial charge >= 0.3 is 0 Å². The Kier molecular flexibility index (Phi) is 5.32. The van der Waals surface area contributed by atoms with Gasteiger partial charge in [-0.2, -0.15) is 0 Å². The van der Waals surface area contributed by atoms with Crippen molar-refractivity contribution in [1.82, 2.24) is 0 Å². The molecule has 1 aliphatic carbocycles. The van der Waals surface area contributed by atoms with Crippen molar-refractivity contribution in [2.75, 3.05) is 0 Å². The van der Waals surface area contributed by atoms with E-state index >= 15 is 0 Å². The predicted octanol–water partition coefficient (Wildman–Crippen LogP) is 4.23. The molecule has 3 heteroatoms. The summed E-state index contributed by atoms with van der Waals surface area (Å²) in [7, 11) is 0. The second-order valence-corrected chi connectivity index (χ2v) is 5.63. The van der Waals surface area contributed by atoms with Gasteiger partial charge in [0.15, 0.2) is 11.6 Å². The minimum Gasteiger partial charge on any atom is -0.392 e. The number of hydrogen-bond donors (Lipinski definition) is 1. The van der Waals surface area contributed by atoms with Crippen molar-refractivity contribution in [3.8, 4) is 0 Å². The Morgan fingerprint density at radius 1 is 1.00 bits per heavy atom. The first-order chi connectivity index (χ1) is 9.16. The fourth-order valence-corrected chi connectivity index (χ4v) is 2.95. The van der Waals surface area contributed by atoms with Crippen LogP contribution < -0.4 is 0 Å². The van der Waals surface area contributed by atoms with Crippen LogP contribution in [0.1, 0.15) is 50.5 Å². The van der Waals surface area contributed by atoms with Gasteiger partial charge in [-0.15, -0.1) is 0 Å². The van der Waals surface area contributed by atoms with Gasteiger partial charge < -0.3 is 5.11 Å². The molecule has 1 unspecified atom stereocenters. The van der Waals surface area contributed by atoms with Crippen LogP contribution in [0.2, 0.25) is 0 Å². The van der Waals surface area contributed by atoms with Crippen LogP contribution >= 0.6 is 0 Å². The van der Waals surface area contributed by atoms with E-state index < -0.39 is 17.7 Å². The summed E-state index contributed by atoms with van der Waals surface area (Å²) in [5.41, 5.74) is 0.674. The van der Waals surface area contributed by atoms with Gasteiger partial charge in [0.25, 0.3) is 0 Å². The van der Waals surface area contributed by atoms with Gasteiger partial charge in [-0.25, -0.2) is 8.78 Å². The third kappa shape index (κ3) is 4.27. The highest BCUT2D eigenvalue weighted by Crippen LogP contribution is 2.26. The molecule has 106 valence electrons. The zero-order valence-corrected chi connectivity index (χ0v) is 11.2. The van der Waals surface area contributed by atoms with Gasteiger partial charge in [-0.05, 0) is 42.9 Å². The standard InChI is InChI=1S/C16H22F2O/c17-14-9-8-12(10-15(14)18)11-16(19)13-6-4-2-1-3-5-7-13/h8-10,13,16,19H,1-7,11H2. The van der Waals surface area contributed by atoms with Gasteiger partial charge in [-0.1, -0.05) is 38.2 Å². The lowest BCUT2D eigenvalue weighted by Gasteiger charge is -2.25. The Hall–Kier alpha value is -0.960. The molecule has 1 N–H and O–H groups in total. The van der Waals surface area contributed by atoms with Gasteiger partial charge in [0.2, 0.25) is 0 Å². The van der Waals surface area contributed by atoms with Crippen LogP contribution in [0.5, 0.6) is 0 Å². The van der Waals surface area contributed by atoms with E-state index in [1.165, 1.54) is 38.2 Å². The summed E-state index contributed by atoms with van der Waals surface area (Å²) in [4.78, 5) is 0. The Morgan fingerprint density at radius 3 is 2.26 bits per heavy atom. The molecule has 0 aromatic heterocycles. The van der Waals surface area contributed by atoms with Crippen LogP contribution in [-0.2, 0) is 6.42 Å². The van der Waals surface area contributed by atoms with Gasteiger partial charge in [0.05, 0.1) is 6.10 Å². The summed E-state index contributed by atoms with van der Waals surface area (Å²) in [5, 5.41) is 10.3. The smallest absolute Gasteiger partial charge is 0.159 e. The van der Waals surface area contributed by atoms with Crippen molar-refractivity contribution < 1.29 is 13.9 Å². The summed E-state index contributed by atoms with van der Waals surface area (Å²) in [5.74, 6) is -1.36. The van der Waals surface area contributed by atoms with E-state index in [0.29, 0.717) is 17.9 Å². The lowest BCUT2D eigenvalue weighted by molar-refractivity contribution is 0.0912. The van der Waals surface area contributed by atoms with Crippen LogP contribution in [-0.4, -0.2) is 11.2 Å². The molecular weight excluding hydrogens is 246 g/mol. The highest BCUT2D eigenvalue weighted by molar-refractivity contribution is 5.18. The van der Waals surface area contributed by atoms with E-state index in [0.717, 1.165) is 18.9 Å². The SMILES string of the molecule is OC(Cc1ccc(F)c(F)c1)C1CCCCCCC1. The largest absolute Gasteiger partial charge is 0.392 e. The van der Waals surface area contributed by atoms with E-state index in [2.05, 4.69) is 0 Å². The highest BCUT2D eigenvalue weighted by Gasteiger charge is 2.20. The molecule has 1 aromatic rings. The van der Waals surface area contributed by atoms with E-state index in [9.17, 15) is 13.9 Å². The lowest BCUT2D eigenvalue weighted by Crippen LogP contribution is -2.24. The molecule has 0 amide bonds. The van der Waals surface area contributed by atoms with Crippen LogP contribution in [0.15, 0.2) is 18.2 Å². The number of benzene rings is 1. The number of halogens is 2. The lowest BCUT2D eigenvalue weighted by atomic mass is 9.85. The third-order valence-corrected chi connectivity index (χ3v) is 4.12. The van der Waals surface area contributed by atoms with Crippen molar-refractivity contribution >= 4 is 0 Å². The number of aliphatic hydroxyl groups excluding tert-OH is 1. The molecule has 1 fully saturated rings. The Labute approximate surface area is 113 Å². The first-order valence-corrected chi connectivity index (χ1v) is 7.29. The van der Waals surface area contributed by atoms with E-state index in [1.807, 2.05) is 0 Å². The minimum atomic E-state index is -0.831. The molecule has 1 atom stereocenters. The van der Waals surface area contributed by atoms with Crippen molar-refractivity contribution in [3.63, 3.8) is 0 Å². The minimum absolute atomic E-state index is 0.299. The van der Waals surface area contributed by atoms with Gasteiger partial charge in [-0.3, -0.25) is 0 Å². The van der Waals surface area contributed by atoms with Crippen LogP contribution in [0.25, 0.3) is 0 Å². The number of rotatable bonds is 3. The normalized spacial score (nSPS) is 19.7. The maximum absolute atomic E-state index is 13.1. The zero-order chi connectivity index (χ0) is 13.7. The maximum atomic E-state index is 13.1. The average Bonchev–Trinajstić information content (AvgIpc) is 2.33. The zero-order valence-electron chi connectivity index (χ0n) is 11.2. The number of hydrogen-bond acceptors (Lipinski definition) is 1. The van der Waals surface area contributed by atoms with Crippen molar-refractivity contribution in [3.05, 3.63) is 35.4 Å². The Morgan fingerprint density at radius 2 is 1.63 bits per heavy atom. The summed E-state index contributed by atoms with van der Waals surface area (Å²) >= 11 is 0. The van der Waals surface area contributed by atoms with E-state index in [1.54, 1.807) is 6.07 Å². The first-order valence-electron chi connectivity index (χ1n) is 7.29. The predicted molar refractivity (Wildman–Crippen MR) is 71.9 cm³/mol. The molecule has 0 heterocycles. The van der Waals surface area contributed by atoms with Crippen LogP contribution in [0.3, 0.4) is 0 Å².